The van der Waals surface area contributed by atoms with E-state index in [9.17, 15) is 4.79 Å². The molecule has 0 unspecified atom stereocenters. The molecule has 9 heteroatoms. The predicted molar refractivity (Wildman–Crippen MR) is 54.2 cm³/mol. The van der Waals surface area contributed by atoms with E-state index in [0.29, 0.717) is 6.61 Å². The Morgan fingerprint density at radius 1 is 1.12 bits per heavy atom. The number of hydrogen-bond donors (Lipinski definition) is 3. The van der Waals surface area contributed by atoms with Crippen molar-refractivity contribution in [1.29, 1.82) is 0 Å². The Morgan fingerprint density at radius 3 is 1.41 bits per heavy atom. The van der Waals surface area contributed by atoms with Crippen LogP contribution < -0.4 is 0 Å². The number of aliphatic hydroxyl groups excluding tert-OH is 1. The normalized spacial score (nSPS) is 5.65. The Bertz CT molecular complexity index is 140. The molecule has 7 nitrogen and oxygen atoms in total. The van der Waals surface area contributed by atoms with Crippen molar-refractivity contribution in [3.8, 4) is 0 Å². The van der Waals surface area contributed by atoms with Crippen molar-refractivity contribution in [1.82, 2.24) is 0 Å². The molecule has 110 valence electrons. The summed E-state index contributed by atoms with van der Waals surface area (Å²) in [5.74, 6) is 0. The molecular formula is C8H20Ar2O7. The Balaban J connectivity index is -0.0000000268. The van der Waals surface area contributed by atoms with E-state index in [1.165, 1.54) is 7.11 Å². The van der Waals surface area contributed by atoms with Gasteiger partial charge in [-0.2, -0.15) is 0 Å². The van der Waals surface area contributed by atoms with E-state index < -0.39 is 12.3 Å². The summed E-state index contributed by atoms with van der Waals surface area (Å²) < 4.78 is 8.46. The van der Waals surface area contributed by atoms with E-state index in [1.54, 1.807) is 13.8 Å². The minimum absolute atomic E-state index is 0. The first-order chi connectivity index (χ1) is 6.45. The summed E-state index contributed by atoms with van der Waals surface area (Å²) in [6, 6.07) is 0. The zero-order chi connectivity index (χ0) is 12.0. The molecule has 0 heterocycles. The largest absolute Gasteiger partial charge is 0.507 e. The summed E-state index contributed by atoms with van der Waals surface area (Å²) >= 11 is 0. The van der Waals surface area contributed by atoms with Gasteiger partial charge in [0.25, 0.3) is 0 Å². The molecule has 0 atom stereocenters. The number of ether oxygens (including phenoxy) is 2. The Labute approximate surface area is 161 Å². The fourth-order valence-corrected chi connectivity index (χ4v) is 0.177. The zero-order valence-electron chi connectivity index (χ0n) is 9.10. The van der Waals surface area contributed by atoms with Crippen LogP contribution in [0.15, 0.2) is 0 Å². The third-order valence-electron chi connectivity index (χ3n) is 0.429. The molecule has 0 aromatic carbocycles. The van der Waals surface area contributed by atoms with Crippen LogP contribution in [-0.2, 0) is 9.47 Å². The minimum Gasteiger partial charge on any atom is -0.450 e. The van der Waals surface area contributed by atoms with Gasteiger partial charge in [0, 0.05) is 82.1 Å². The molecule has 3 N–H and O–H groups in total. The van der Waals surface area contributed by atoms with Crippen molar-refractivity contribution in [3.05, 3.63) is 0 Å². The Kier molecular flexibility index (Phi) is 76.4. The molecule has 0 aromatic heterocycles. The van der Waals surface area contributed by atoms with Gasteiger partial charge >= 0.3 is 12.3 Å². The van der Waals surface area contributed by atoms with Gasteiger partial charge in [0.05, 0.1) is 13.7 Å². The van der Waals surface area contributed by atoms with Gasteiger partial charge in [0.15, 0.2) is 0 Å². The van der Waals surface area contributed by atoms with Crippen LogP contribution in [0.5, 0.6) is 0 Å². The number of methoxy groups -OCH3 is 1. The molecule has 0 amide bonds. The van der Waals surface area contributed by atoms with Crippen molar-refractivity contribution in [3.63, 3.8) is 0 Å². The van der Waals surface area contributed by atoms with Crippen molar-refractivity contribution >= 4 is 12.3 Å². The summed E-state index contributed by atoms with van der Waals surface area (Å²) in [7, 11) is 1.28. The van der Waals surface area contributed by atoms with Crippen molar-refractivity contribution in [2.45, 2.75) is 21.3 Å². The van der Waals surface area contributed by atoms with E-state index in [0.717, 1.165) is 0 Å². The van der Waals surface area contributed by atoms with Crippen molar-refractivity contribution < 1.29 is 110 Å². The maximum Gasteiger partial charge on any atom is 0.507 e. The molecule has 0 aliphatic carbocycles. The Hall–Kier alpha value is 1.02. The second kappa shape index (κ2) is 36.0. The van der Waals surface area contributed by atoms with Crippen LogP contribution in [0, 0.1) is 75.5 Å². The summed E-state index contributed by atoms with van der Waals surface area (Å²) in [5, 5.41) is 21.5. The first kappa shape index (κ1) is 36.1. The molecule has 0 saturated carbocycles. The first-order valence-electron chi connectivity index (χ1n) is 3.69. The standard InChI is InChI=1S/C4H8O3.C2H6O.CH2O3.CH4.2Ar/c1-3-7-4(5)6-2;1-2-3;2-1(3)4;;;/h3H2,1-2H3;3H,2H2,1H3;(H2,2,3,4);1H4;;. The number of rotatable bonds is 1. The van der Waals surface area contributed by atoms with Gasteiger partial charge in [-0.1, -0.05) is 7.43 Å². The zero-order valence-corrected chi connectivity index (χ0v) is 10.5. The molecule has 0 aliphatic heterocycles. The van der Waals surface area contributed by atoms with Gasteiger partial charge in [-0.05, 0) is 13.8 Å². The average Bonchev–Trinajstić information content (AvgIpc) is 2.05. The number of hydrogen-bond acceptors (Lipinski definition) is 5. The second-order valence-corrected chi connectivity index (χ2v) is 1.49. The number of aliphatic hydroxyl groups is 1. The maximum absolute atomic E-state index is 9.97. The summed E-state index contributed by atoms with van der Waals surface area (Å²) in [6.45, 7) is 4.02. The van der Waals surface area contributed by atoms with Crippen LogP contribution >= 0.6 is 0 Å². The predicted octanol–water partition coefficient (Wildman–Crippen LogP) is 1.65. The quantitative estimate of drug-likeness (QED) is 0.631. The molecule has 0 spiro atoms. The van der Waals surface area contributed by atoms with Gasteiger partial charge in [0.2, 0.25) is 0 Å². The van der Waals surface area contributed by atoms with Crippen LogP contribution in [-0.4, -0.2) is 48.0 Å². The molecule has 0 aliphatic rings. The van der Waals surface area contributed by atoms with Gasteiger partial charge in [-0.25, -0.2) is 9.59 Å². The topological polar surface area (TPSA) is 113 Å². The number of carbonyl (C=O) groups is 2. The van der Waals surface area contributed by atoms with Crippen molar-refractivity contribution in [2.24, 2.45) is 0 Å². The second-order valence-electron chi connectivity index (χ2n) is 1.49. The molecular weight excluding hydrogens is 288 g/mol. The molecule has 0 bridgehead atoms. The first-order valence-corrected chi connectivity index (χ1v) is 3.69. The van der Waals surface area contributed by atoms with Crippen molar-refractivity contribution in [2.75, 3.05) is 20.3 Å². The fourth-order valence-electron chi connectivity index (χ4n) is 0.177. The van der Waals surface area contributed by atoms with Crippen LogP contribution in [0.1, 0.15) is 21.3 Å². The molecule has 0 rings (SSSR count). The molecule has 0 radical (unpaired) electrons. The summed E-state index contributed by atoms with van der Waals surface area (Å²) in [4.78, 5) is 18.5. The minimum atomic E-state index is -1.83. The third kappa shape index (κ3) is 106. The average molecular weight is 308 g/mol. The van der Waals surface area contributed by atoms with E-state index in [-0.39, 0.29) is 89.5 Å². The van der Waals surface area contributed by atoms with E-state index in [2.05, 4.69) is 9.47 Å². The van der Waals surface area contributed by atoms with Gasteiger partial charge in [-0.3, -0.25) is 0 Å². The van der Waals surface area contributed by atoms with Gasteiger partial charge in [0.1, 0.15) is 0 Å². The monoisotopic (exact) mass is 308 g/mol. The molecule has 0 saturated heterocycles. The Morgan fingerprint density at radius 2 is 1.35 bits per heavy atom. The maximum atomic E-state index is 9.97. The smallest absolute Gasteiger partial charge is 0.450 e. The van der Waals surface area contributed by atoms with Gasteiger partial charge < -0.3 is 24.8 Å². The van der Waals surface area contributed by atoms with E-state index in [4.69, 9.17) is 20.1 Å². The van der Waals surface area contributed by atoms with Crippen LogP contribution in [0.3, 0.4) is 0 Å². The fraction of sp³-hybridized carbons (Fsp3) is 0.750. The van der Waals surface area contributed by atoms with E-state index >= 15 is 0 Å². The summed E-state index contributed by atoms with van der Waals surface area (Å²) in [5.41, 5.74) is 0. The van der Waals surface area contributed by atoms with Crippen LogP contribution in [0.25, 0.3) is 0 Å². The molecule has 0 fully saturated rings. The van der Waals surface area contributed by atoms with E-state index in [1.807, 2.05) is 0 Å². The molecule has 0 aromatic rings. The number of carbonyl (C=O) groups excluding carboxylic acids is 1. The molecule has 17 heavy (non-hydrogen) atoms. The van der Waals surface area contributed by atoms with Crippen LogP contribution in [0.2, 0.25) is 0 Å². The number of carboxylic acid groups (broad SMARTS) is 2. The SMILES string of the molecule is C.CCO.CCOC(=O)OC.O=C(O)O.[Ar].[Ar]. The van der Waals surface area contributed by atoms with Crippen LogP contribution in [0.4, 0.5) is 9.59 Å². The van der Waals surface area contributed by atoms with Gasteiger partial charge in [-0.15, -0.1) is 0 Å². The third-order valence-corrected chi connectivity index (χ3v) is 0.429. The summed E-state index contributed by atoms with van der Waals surface area (Å²) in [6.07, 6.45) is -2.46.